The highest BCUT2D eigenvalue weighted by atomic mass is 16.5. The minimum absolute atomic E-state index is 0.0136. The summed E-state index contributed by atoms with van der Waals surface area (Å²) in [5, 5.41) is 8.87. The predicted octanol–water partition coefficient (Wildman–Crippen LogP) is 1.21. The summed E-state index contributed by atoms with van der Waals surface area (Å²) < 4.78 is 5.68. The van der Waals surface area contributed by atoms with Crippen molar-refractivity contribution in [3.63, 3.8) is 0 Å². The molecule has 0 aromatic rings. The normalized spacial score (nSPS) is 24.9. The van der Waals surface area contributed by atoms with Crippen LogP contribution >= 0.6 is 0 Å². The molecule has 1 saturated heterocycles. The van der Waals surface area contributed by atoms with Gasteiger partial charge in [0.25, 0.3) is 0 Å². The molecule has 0 amide bonds. The van der Waals surface area contributed by atoms with Crippen molar-refractivity contribution in [2.24, 2.45) is 5.92 Å². The van der Waals surface area contributed by atoms with Gasteiger partial charge in [0.2, 0.25) is 0 Å². The minimum Gasteiger partial charge on any atom is -0.480 e. The summed E-state index contributed by atoms with van der Waals surface area (Å²) in [5.41, 5.74) is 0. The van der Waals surface area contributed by atoms with Crippen molar-refractivity contribution in [1.29, 1.82) is 0 Å². The molecule has 0 aromatic carbocycles. The van der Waals surface area contributed by atoms with Gasteiger partial charge in [-0.15, -0.1) is 6.42 Å². The molecule has 0 aliphatic carbocycles. The van der Waals surface area contributed by atoms with Crippen molar-refractivity contribution < 1.29 is 14.6 Å². The lowest BCUT2D eigenvalue weighted by atomic mass is 9.94. The van der Waals surface area contributed by atoms with Crippen LogP contribution in [0.5, 0.6) is 0 Å². The van der Waals surface area contributed by atoms with E-state index in [0.29, 0.717) is 19.1 Å². The molecule has 1 aliphatic heterocycles. The van der Waals surface area contributed by atoms with E-state index in [-0.39, 0.29) is 18.7 Å². The third-order valence-electron chi connectivity index (χ3n) is 3.18. The second kappa shape index (κ2) is 6.63. The van der Waals surface area contributed by atoms with E-state index in [1.54, 1.807) is 0 Å². The molecule has 1 rings (SSSR count). The van der Waals surface area contributed by atoms with Gasteiger partial charge in [-0.2, -0.15) is 0 Å². The zero-order chi connectivity index (χ0) is 12.8. The number of aliphatic carboxylic acids is 1. The second-order valence-electron chi connectivity index (χ2n) is 4.83. The Kier molecular flexibility index (Phi) is 5.46. The lowest BCUT2D eigenvalue weighted by Gasteiger charge is -2.37. The van der Waals surface area contributed by atoms with E-state index >= 15 is 0 Å². The van der Waals surface area contributed by atoms with Crippen molar-refractivity contribution >= 4 is 5.97 Å². The first-order chi connectivity index (χ1) is 8.04. The van der Waals surface area contributed by atoms with Crippen LogP contribution in [0.2, 0.25) is 0 Å². The fraction of sp³-hybridized carbons (Fsp3) is 0.769. The number of ether oxygens (including phenoxy) is 1. The molecule has 1 heterocycles. The van der Waals surface area contributed by atoms with Gasteiger partial charge in [0.15, 0.2) is 0 Å². The summed E-state index contributed by atoms with van der Waals surface area (Å²) in [5.74, 6) is 2.16. The molecule has 1 fully saturated rings. The SMILES string of the molecule is C#CCN(CC(=O)O)C1CCOC(C(C)C)C1. The molecule has 2 atom stereocenters. The van der Waals surface area contributed by atoms with Gasteiger partial charge >= 0.3 is 5.97 Å². The molecule has 0 spiro atoms. The topological polar surface area (TPSA) is 49.8 Å². The lowest BCUT2D eigenvalue weighted by Crippen LogP contribution is -2.45. The minimum atomic E-state index is -0.826. The van der Waals surface area contributed by atoms with Crippen LogP contribution in [0, 0.1) is 18.3 Å². The molecule has 1 N–H and O–H groups in total. The highest BCUT2D eigenvalue weighted by molar-refractivity contribution is 5.69. The number of nitrogens with zero attached hydrogens (tertiary/aromatic N) is 1. The molecule has 2 unspecified atom stereocenters. The van der Waals surface area contributed by atoms with Crippen molar-refractivity contribution in [3.8, 4) is 12.3 Å². The van der Waals surface area contributed by atoms with Crippen LogP contribution in [-0.4, -0.2) is 47.8 Å². The van der Waals surface area contributed by atoms with Gasteiger partial charge in [-0.3, -0.25) is 9.69 Å². The first-order valence-corrected chi connectivity index (χ1v) is 6.05. The van der Waals surface area contributed by atoms with Crippen LogP contribution < -0.4 is 0 Å². The molecule has 0 aromatic heterocycles. The van der Waals surface area contributed by atoms with E-state index < -0.39 is 5.97 Å². The van der Waals surface area contributed by atoms with E-state index in [2.05, 4.69) is 19.8 Å². The molecular formula is C13H21NO3. The summed E-state index contributed by atoms with van der Waals surface area (Å²) in [6.07, 6.45) is 7.23. The van der Waals surface area contributed by atoms with Gasteiger partial charge in [0, 0.05) is 12.6 Å². The molecule has 0 saturated carbocycles. The zero-order valence-corrected chi connectivity index (χ0v) is 10.6. The van der Waals surface area contributed by atoms with Crippen molar-refractivity contribution in [1.82, 2.24) is 4.90 Å². The number of hydrogen-bond acceptors (Lipinski definition) is 3. The molecule has 4 nitrogen and oxygen atoms in total. The average Bonchev–Trinajstić information content (AvgIpc) is 2.28. The van der Waals surface area contributed by atoms with Gasteiger partial charge in [-0.05, 0) is 18.8 Å². The summed E-state index contributed by atoms with van der Waals surface area (Å²) in [7, 11) is 0. The Morgan fingerprint density at radius 1 is 1.65 bits per heavy atom. The number of hydrogen-bond donors (Lipinski definition) is 1. The Labute approximate surface area is 103 Å². The Bertz CT molecular complexity index is 296. The Morgan fingerprint density at radius 2 is 2.35 bits per heavy atom. The van der Waals surface area contributed by atoms with E-state index in [0.717, 1.165) is 12.8 Å². The van der Waals surface area contributed by atoms with Crippen molar-refractivity contribution in [2.45, 2.75) is 38.8 Å². The quantitative estimate of drug-likeness (QED) is 0.733. The third-order valence-corrected chi connectivity index (χ3v) is 3.18. The largest absolute Gasteiger partial charge is 0.480 e. The van der Waals surface area contributed by atoms with Crippen LogP contribution in [-0.2, 0) is 9.53 Å². The van der Waals surface area contributed by atoms with Crippen molar-refractivity contribution in [2.75, 3.05) is 19.7 Å². The maximum absolute atomic E-state index is 10.8. The van der Waals surface area contributed by atoms with Crippen LogP contribution in [0.3, 0.4) is 0 Å². The Balaban J connectivity index is 2.60. The van der Waals surface area contributed by atoms with Crippen LogP contribution in [0.15, 0.2) is 0 Å². The summed E-state index contributed by atoms with van der Waals surface area (Å²) >= 11 is 0. The highest BCUT2D eigenvalue weighted by Crippen LogP contribution is 2.23. The van der Waals surface area contributed by atoms with Gasteiger partial charge in [0.1, 0.15) is 0 Å². The van der Waals surface area contributed by atoms with Crippen molar-refractivity contribution in [3.05, 3.63) is 0 Å². The maximum atomic E-state index is 10.8. The molecule has 4 heteroatoms. The predicted molar refractivity (Wildman–Crippen MR) is 65.6 cm³/mol. The summed E-state index contributed by atoms with van der Waals surface area (Å²) in [6, 6.07) is 0.225. The molecule has 0 bridgehead atoms. The van der Waals surface area contributed by atoms with Crippen LogP contribution in [0.25, 0.3) is 0 Å². The van der Waals surface area contributed by atoms with Gasteiger partial charge < -0.3 is 9.84 Å². The lowest BCUT2D eigenvalue weighted by molar-refractivity contribution is -0.139. The highest BCUT2D eigenvalue weighted by Gasteiger charge is 2.29. The fourth-order valence-electron chi connectivity index (χ4n) is 2.21. The summed E-state index contributed by atoms with van der Waals surface area (Å²) in [6.45, 7) is 5.33. The number of carbonyl (C=O) groups is 1. The fourth-order valence-corrected chi connectivity index (χ4v) is 2.21. The standard InChI is InChI=1S/C13H21NO3/c1-4-6-14(9-13(15)16)11-5-7-17-12(8-11)10(2)3/h1,10-12H,5-9H2,2-3H3,(H,15,16). The van der Waals surface area contributed by atoms with E-state index in [1.165, 1.54) is 0 Å². The summed E-state index contributed by atoms with van der Waals surface area (Å²) in [4.78, 5) is 12.7. The van der Waals surface area contributed by atoms with Gasteiger partial charge in [0.05, 0.1) is 19.2 Å². The number of carboxylic acids is 1. The Morgan fingerprint density at radius 3 is 2.88 bits per heavy atom. The van der Waals surface area contributed by atoms with Gasteiger partial charge in [-0.25, -0.2) is 0 Å². The number of rotatable bonds is 5. The monoisotopic (exact) mass is 239 g/mol. The first-order valence-electron chi connectivity index (χ1n) is 6.05. The van der Waals surface area contributed by atoms with Crippen LogP contribution in [0.4, 0.5) is 0 Å². The van der Waals surface area contributed by atoms with E-state index in [9.17, 15) is 4.79 Å². The molecule has 0 radical (unpaired) electrons. The zero-order valence-electron chi connectivity index (χ0n) is 10.6. The molecule has 96 valence electrons. The second-order valence-corrected chi connectivity index (χ2v) is 4.83. The van der Waals surface area contributed by atoms with E-state index in [1.807, 2.05) is 4.90 Å². The first kappa shape index (κ1) is 14.0. The molecular weight excluding hydrogens is 218 g/mol. The number of carboxylic acid groups (broad SMARTS) is 1. The maximum Gasteiger partial charge on any atom is 0.317 e. The number of terminal acetylenes is 1. The molecule has 17 heavy (non-hydrogen) atoms. The third kappa shape index (κ3) is 4.37. The van der Waals surface area contributed by atoms with Crippen LogP contribution in [0.1, 0.15) is 26.7 Å². The average molecular weight is 239 g/mol. The Hall–Kier alpha value is -1.05. The van der Waals surface area contributed by atoms with Gasteiger partial charge in [-0.1, -0.05) is 19.8 Å². The molecule has 1 aliphatic rings. The van der Waals surface area contributed by atoms with E-state index in [4.69, 9.17) is 16.3 Å². The smallest absolute Gasteiger partial charge is 0.317 e.